The molecule has 28 heavy (non-hydrogen) atoms. The Balaban J connectivity index is 1.66. The van der Waals surface area contributed by atoms with E-state index in [1.807, 2.05) is 24.0 Å². The van der Waals surface area contributed by atoms with E-state index in [1.54, 1.807) is 12.1 Å². The van der Waals surface area contributed by atoms with Crippen molar-refractivity contribution in [2.75, 3.05) is 24.5 Å². The maximum Gasteiger partial charge on any atom is 0.255 e. The monoisotopic (exact) mass is 400 g/mol. The molecule has 2 aliphatic heterocycles. The van der Waals surface area contributed by atoms with Crippen LogP contribution in [0, 0.1) is 6.92 Å². The van der Waals surface area contributed by atoms with Crippen LogP contribution in [0.5, 0.6) is 0 Å². The molecule has 0 saturated carbocycles. The molecule has 0 unspecified atom stereocenters. The van der Waals surface area contributed by atoms with Crippen molar-refractivity contribution < 1.29 is 9.53 Å². The molecule has 1 fully saturated rings. The number of aromatic nitrogens is 2. The lowest BCUT2D eigenvalue weighted by atomic mass is 10.0. The van der Waals surface area contributed by atoms with Gasteiger partial charge in [-0.3, -0.25) is 4.79 Å². The van der Waals surface area contributed by atoms with Crippen molar-refractivity contribution in [3.63, 3.8) is 0 Å². The number of hydrogen-bond acceptors (Lipinski definition) is 5. The minimum absolute atomic E-state index is 0.0495. The van der Waals surface area contributed by atoms with E-state index in [1.165, 1.54) is 0 Å². The summed E-state index contributed by atoms with van der Waals surface area (Å²) in [7, 11) is 0. The van der Waals surface area contributed by atoms with Crippen molar-refractivity contribution >= 4 is 23.3 Å². The topological polar surface area (TPSA) is 58.6 Å². The van der Waals surface area contributed by atoms with E-state index in [9.17, 15) is 4.79 Å². The number of ether oxygens (including phenoxy) is 1. The highest BCUT2D eigenvalue weighted by molar-refractivity contribution is 6.33. The van der Waals surface area contributed by atoms with Crippen molar-refractivity contribution in [1.82, 2.24) is 14.9 Å². The second-order valence-electron chi connectivity index (χ2n) is 7.64. The van der Waals surface area contributed by atoms with Crippen LogP contribution >= 0.6 is 11.6 Å². The van der Waals surface area contributed by atoms with Crippen LogP contribution in [0.4, 0.5) is 5.82 Å². The molecule has 7 heteroatoms. The zero-order valence-electron chi connectivity index (χ0n) is 16.5. The van der Waals surface area contributed by atoms with Gasteiger partial charge in [0.15, 0.2) is 0 Å². The van der Waals surface area contributed by atoms with Crippen LogP contribution in [0.2, 0.25) is 5.02 Å². The van der Waals surface area contributed by atoms with E-state index in [2.05, 4.69) is 23.7 Å². The SMILES string of the molecule is Cc1nc2c(c(N3C[C@H](C)O[C@@H](C)C3)n1)CN(C(=O)c1ccccc1Cl)CC2. The second kappa shape index (κ2) is 7.68. The maximum absolute atomic E-state index is 13.1. The third-order valence-electron chi connectivity index (χ3n) is 5.26. The first-order valence-corrected chi connectivity index (χ1v) is 10.1. The first-order chi connectivity index (χ1) is 13.4. The number of amides is 1. The summed E-state index contributed by atoms with van der Waals surface area (Å²) in [6.45, 7) is 8.78. The number of halogens is 1. The van der Waals surface area contributed by atoms with Gasteiger partial charge >= 0.3 is 0 Å². The second-order valence-corrected chi connectivity index (χ2v) is 8.05. The lowest BCUT2D eigenvalue weighted by Gasteiger charge is -2.38. The molecule has 4 rings (SSSR count). The lowest BCUT2D eigenvalue weighted by Crippen LogP contribution is -2.47. The molecule has 0 spiro atoms. The van der Waals surface area contributed by atoms with E-state index >= 15 is 0 Å². The fourth-order valence-corrected chi connectivity index (χ4v) is 4.32. The van der Waals surface area contributed by atoms with Crippen molar-refractivity contribution in [2.24, 2.45) is 0 Å². The van der Waals surface area contributed by atoms with E-state index in [-0.39, 0.29) is 18.1 Å². The van der Waals surface area contributed by atoms with Crippen LogP contribution in [0.25, 0.3) is 0 Å². The van der Waals surface area contributed by atoms with Gasteiger partial charge in [-0.15, -0.1) is 0 Å². The van der Waals surface area contributed by atoms with Crippen LogP contribution in [0.3, 0.4) is 0 Å². The molecular formula is C21H25ClN4O2. The first-order valence-electron chi connectivity index (χ1n) is 9.73. The zero-order valence-corrected chi connectivity index (χ0v) is 17.2. The molecule has 2 aromatic rings. The van der Waals surface area contributed by atoms with Crippen LogP contribution in [0.1, 0.15) is 41.3 Å². The quantitative estimate of drug-likeness (QED) is 0.774. The minimum Gasteiger partial charge on any atom is -0.372 e. The van der Waals surface area contributed by atoms with E-state index < -0.39 is 0 Å². The average molecular weight is 401 g/mol. The van der Waals surface area contributed by atoms with Crippen LogP contribution in [-0.4, -0.2) is 52.6 Å². The van der Waals surface area contributed by atoms with Crippen molar-refractivity contribution in [3.05, 3.63) is 51.9 Å². The number of fused-ring (bicyclic) bond motifs is 1. The molecule has 0 aliphatic carbocycles. The summed E-state index contributed by atoms with van der Waals surface area (Å²) in [6.07, 6.45) is 0.996. The van der Waals surface area contributed by atoms with E-state index in [4.69, 9.17) is 21.3 Å². The molecule has 2 aliphatic rings. The van der Waals surface area contributed by atoms with Gasteiger partial charge in [-0.2, -0.15) is 0 Å². The molecule has 1 saturated heterocycles. The summed E-state index contributed by atoms with van der Waals surface area (Å²) in [6, 6.07) is 7.20. The van der Waals surface area contributed by atoms with E-state index in [0.29, 0.717) is 23.7 Å². The Hall–Kier alpha value is -2.18. The molecular weight excluding hydrogens is 376 g/mol. The first kappa shape index (κ1) is 19.2. The highest BCUT2D eigenvalue weighted by Crippen LogP contribution is 2.30. The van der Waals surface area contributed by atoms with Crippen molar-refractivity contribution in [3.8, 4) is 0 Å². The maximum atomic E-state index is 13.1. The highest BCUT2D eigenvalue weighted by atomic mass is 35.5. The van der Waals surface area contributed by atoms with Gasteiger partial charge in [-0.05, 0) is 32.9 Å². The molecule has 0 N–H and O–H groups in total. The Morgan fingerprint density at radius 2 is 1.89 bits per heavy atom. The average Bonchev–Trinajstić information content (AvgIpc) is 2.66. The molecule has 1 aromatic carbocycles. The summed E-state index contributed by atoms with van der Waals surface area (Å²) < 4.78 is 5.88. The van der Waals surface area contributed by atoms with Gasteiger partial charge in [0.2, 0.25) is 0 Å². The fraction of sp³-hybridized carbons (Fsp3) is 0.476. The normalized spacial score (nSPS) is 22.1. The van der Waals surface area contributed by atoms with Gasteiger partial charge in [-0.25, -0.2) is 9.97 Å². The Morgan fingerprint density at radius 3 is 2.61 bits per heavy atom. The highest BCUT2D eigenvalue weighted by Gasteiger charge is 2.31. The zero-order chi connectivity index (χ0) is 19.8. The summed E-state index contributed by atoms with van der Waals surface area (Å²) in [4.78, 5) is 26.6. The van der Waals surface area contributed by atoms with Gasteiger partial charge in [-0.1, -0.05) is 23.7 Å². The number of nitrogens with zero attached hydrogens (tertiary/aromatic N) is 4. The Bertz CT molecular complexity index is 894. The molecule has 1 aromatic heterocycles. The predicted octanol–water partition coefficient (Wildman–Crippen LogP) is 3.25. The van der Waals surface area contributed by atoms with Gasteiger partial charge in [0, 0.05) is 31.6 Å². The van der Waals surface area contributed by atoms with Crippen LogP contribution < -0.4 is 4.90 Å². The number of hydrogen-bond donors (Lipinski definition) is 0. The Morgan fingerprint density at radius 1 is 1.18 bits per heavy atom. The van der Waals surface area contributed by atoms with Gasteiger partial charge in [0.25, 0.3) is 5.91 Å². The van der Waals surface area contributed by atoms with Crippen LogP contribution in [0.15, 0.2) is 24.3 Å². The van der Waals surface area contributed by atoms with Gasteiger partial charge in [0.1, 0.15) is 11.6 Å². The van der Waals surface area contributed by atoms with Crippen LogP contribution in [-0.2, 0) is 17.7 Å². The third kappa shape index (κ3) is 3.71. The summed E-state index contributed by atoms with van der Waals surface area (Å²) in [5.74, 6) is 1.65. The molecule has 0 radical (unpaired) electrons. The molecule has 2 atom stereocenters. The molecule has 0 bridgehead atoms. The van der Waals surface area contributed by atoms with Gasteiger partial charge < -0.3 is 14.5 Å². The molecule has 6 nitrogen and oxygen atoms in total. The number of anilines is 1. The number of carbonyl (C=O) groups is 1. The fourth-order valence-electron chi connectivity index (χ4n) is 4.11. The number of benzene rings is 1. The number of rotatable bonds is 2. The summed E-state index contributed by atoms with van der Waals surface area (Å²) in [5, 5.41) is 0.481. The lowest BCUT2D eigenvalue weighted by molar-refractivity contribution is -0.00560. The molecule has 1 amide bonds. The van der Waals surface area contributed by atoms with Gasteiger partial charge in [0.05, 0.1) is 35.0 Å². The number of carbonyl (C=O) groups excluding carboxylic acids is 1. The van der Waals surface area contributed by atoms with Crippen molar-refractivity contribution in [1.29, 1.82) is 0 Å². The third-order valence-corrected chi connectivity index (χ3v) is 5.59. The standard InChI is InChI=1S/C21H25ClN4O2/c1-13-10-26(11-14(2)28-13)20-17-12-25(9-8-19(17)23-15(3)24-20)21(27)16-6-4-5-7-18(16)22/h4-7,13-14H,8-12H2,1-3H3/t13-,14-/m0/s1. The summed E-state index contributed by atoms with van der Waals surface area (Å²) >= 11 is 6.25. The minimum atomic E-state index is -0.0495. The smallest absolute Gasteiger partial charge is 0.255 e. The number of morpholine rings is 1. The molecule has 3 heterocycles. The predicted molar refractivity (Wildman–Crippen MR) is 109 cm³/mol. The van der Waals surface area contributed by atoms with E-state index in [0.717, 1.165) is 42.4 Å². The summed E-state index contributed by atoms with van der Waals surface area (Å²) in [5.41, 5.74) is 2.62. The number of aryl methyl sites for hydroxylation is 1. The molecule has 148 valence electrons. The van der Waals surface area contributed by atoms with Crippen molar-refractivity contribution in [2.45, 2.75) is 45.9 Å². The largest absolute Gasteiger partial charge is 0.372 e. The Labute approximate surface area is 170 Å². The Kier molecular flexibility index (Phi) is 5.25.